The highest BCUT2D eigenvalue weighted by Gasteiger charge is 2.24. The molecule has 0 radical (unpaired) electrons. The molecule has 0 spiro atoms. The van der Waals surface area contributed by atoms with Crippen LogP contribution in [0.2, 0.25) is 0 Å². The predicted octanol–water partition coefficient (Wildman–Crippen LogP) is 2.26. The van der Waals surface area contributed by atoms with Crippen LogP contribution in [0.1, 0.15) is 30.8 Å². The molecule has 6 nitrogen and oxygen atoms in total. The van der Waals surface area contributed by atoms with Gasteiger partial charge in [0.1, 0.15) is 6.04 Å². The number of nitrogens with zero attached hydrogens (tertiary/aromatic N) is 2. The summed E-state index contributed by atoms with van der Waals surface area (Å²) in [5.41, 5.74) is 3.40. The number of carbonyl (C=O) groups excluding carboxylic acids is 1. The Morgan fingerprint density at radius 3 is 2.38 bits per heavy atom. The van der Waals surface area contributed by atoms with Crippen LogP contribution >= 0.6 is 0 Å². The highest BCUT2D eigenvalue weighted by Crippen LogP contribution is 2.18. The second kappa shape index (κ2) is 7.29. The van der Waals surface area contributed by atoms with E-state index >= 15 is 0 Å². The van der Waals surface area contributed by atoms with Crippen molar-refractivity contribution in [2.45, 2.75) is 40.2 Å². The third kappa shape index (κ3) is 3.82. The molecule has 0 aliphatic rings. The second-order valence-corrected chi connectivity index (χ2v) is 6.20. The van der Waals surface area contributed by atoms with Crippen LogP contribution in [0.4, 0.5) is 0 Å². The van der Waals surface area contributed by atoms with E-state index in [4.69, 9.17) is 0 Å². The molecule has 0 saturated carbocycles. The number of benzene rings is 1. The molecule has 2 rings (SSSR count). The van der Waals surface area contributed by atoms with E-state index in [0.29, 0.717) is 0 Å². The summed E-state index contributed by atoms with van der Waals surface area (Å²) in [5, 5.41) is 16.3. The molecule has 24 heavy (non-hydrogen) atoms. The molecular formula is C18H23N3O3. The Morgan fingerprint density at radius 2 is 1.83 bits per heavy atom. The van der Waals surface area contributed by atoms with Gasteiger partial charge >= 0.3 is 5.97 Å². The van der Waals surface area contributed by atoms with Crippen molar-refractivity contribution in [3.05, 3.63) is 47.3 Å². The minimum Gasteiger partial charge on any atom is -0.480 e. The van der Waals surface area contributed by atoms with Crippen molar-refractivity contribution in [3.63, 3.8) is 0 Å². The van der Waals surface area contributed by atoms with Crippen LogP contribution in [0.3, 0.4) is 0 Å². The maximum absolute atomic E-state index is 12.3. The van der Waals surface area contributed by atoms with Crippen LogP contribution < -0.4 is 5.32 Å². The molecule has 2 N–H and O–H groups in total. The average Bonchev–Trinajstić information content (AvgIpc) is 2.81. The molecule has 1 amide bonds. The van der Waals surface area contributed by atoms with Crippen LogP contribution in [0.5, 0.6) is 0 Å². The van der Waals surface area contributed by atoms with Crippen molar-refractivity contribution in [1.82, 2.24) is 15.1 Å². The van der Waals surface area contributed by atoms with E-state index in [1.807, 2.05) is 44.2 Å². The lowest BCUT2D eigenvalue weighted by molar-refractivity contribution is -0.143. The highest BCUT2D eigenvalue weighted by molar-refractivity contribution is 5.85. The van der Waals surface area contributed by atoms with E-state index in [1.54, 1.807) is 18.5 Å². The number of hydrogen-bond acceptors (Lipinski definition) is 3. The van der Waals surface area contributed by atoms with Gasteiger partial charge in [-0.2, -0.15) is 5.10 Å². The fourth-order valence-corrected chi connectivity index (χ4v) is 2.65. The first-order valence-corrected chi connectivity index (χ1v) is 7.94. The van der Waals surface area contributed by atoms with Gasteiger partial charge in [-0.3, -0.25) is 4.79 Å². The number of para-hydroxylation sites is 1. The molecule has 0 aliphatic carbocycles. The number of carboxylic acids is 1. The average molecular weight is 329 g/mol. The lowest BCUT2D eigenvalue weighted by Gasteiger charge is -2.17. The minimum atomic E-state index is -1.02. The molecule has 128 valence electrons. The molecule has 1 aromatic heterocycles. The number of carboxylic acid groups (broad SMARTS) is 1. The fraction of sp³-hybridized carbons (Fsp3) is 0.389. The Balaban J connectivity index is 2.20. The minimum absolute atomic E-state index is 0.112. The standard InChI is InChI=1S/C18H23N3O3/c1-11(2)17(18(23)24)19-16(22)10-15-12(3)20-21(13(15)4)14-8-6-5-7-9-14/h5-9,11,17H,10H2,1-4H3,(H,19,22)(H,23,24)/t17-/m0/s1. The zero-order valence-corrected chi connectivity index (χ0v) is 14.4. The third-order valence-electron chi connectivity index (χ3n) is 4.03. The first-order valence-electron chi connectivity index (χ1n) is 7.94. The van der Waals surface area contributed by atoms with E-state index < -0.39 is 12.0 Å². The third-order valence-corrected chi connectivity index (χ3v) is 4.03. The fourth-order valence-electron chi connectivity index (χ4n) is 2.65. The molecule has 0 unspecified atom stereocenters. The lowest BCUT2D eigenvalue weighted by atomic mass is 10.0. The van der Waals surface area contributed by atoms with Crippen LogP contribution in [0.15, 0.2) is 30.3 Å². The van der Waals surface area contributed by atoms with Crippen molar-refractivity contribution >= 4 is 11.9 Å². The molecular weight excluding hydrogens is 306 g/mol. The van der Waals surface area contributed by atoms with Gasteiger partial charge in [0.2, 0.25) is 5.91 Å². The van der Waals surface area contributed by atoms with E-state index in [9.17, 15) is 14.7 Å². The van der Waals surface area contributed by atoms with Gasteiger partial charge in [-0.15, -0.1) is 0 Å². The van der Waals surface area contributed by atoms with Gasteiger partial charge in [0.05, 0.1) is 17.8 Å². The number of aromatic nitrogens is 2. The smallest absolute Gasteiger partial charge is 0.326 e. The number of rotatable bonds is 6. The summed E-state index contributed by atoms with van der Waals surface area (Å²) >= 11 is 0. The number of carbonyl (C=O) groups is 2. The van der Waals surface area contributed by atoms with Crippen LogP contribution in [-0.4, -0.2) is 32.8 Å². The zero-order valence-electron chi connectivity index (χ0n) is 14.4. The summed E-state index contributed by atoms with van der Waals surface area (Å²) in [4.78, 5) is 23.5. The maximum atomic E-state index is 12.3. The number of aliphatic carboxylic acids is 1. The largest absolute Gasteiger partial charge is 0.480 e. The Labute approximate surface area is 141 Å². The lowest BCUT2D eigenvalue weighted by Crippen LogP contribution is -2.45. The summed E-state index contributed by atoms with van der Waals surface area (Å²) in [6.07, 6.45) is 0.112. The Morgan fingerprint density at radius 1 is 1.21 bits per heavy atom. The Bertz CT molecular complexity index is 735. The first-order chi connectivity index (χ1) is 11.3. The Hall–Kier alpha value is -2.63. The molecule has 6 heteroatoms. The summed E-state index contributed by atoms with van der Waals surface area (Å²) in [5.74, 6) is -1.51. The van der Waals surface area contributed by atoms with Gasteiger partial charge in [0.15, 0.2) is 0 Å². The van der Waals surface area contributed by atoms with Gasteiger partial charge in [0, 0.05) is 11.3 Å². The van der Waals surface area contributed by atoms with Crippen molar-refractivity contribution in [2.24, 2.45) is 5.92 Å². The van der Waals surface area contributed by atoms with E-state index in [2.05, 4.69) is 10.4 Å². The Kier molecular flexibility index (Phi) is 5.39. The maximum Gasteiger partial charge on any atom is 0.326 e. The SMILES string of the molecule is Cc1nn(-c2ccccc2)c(C)c1CC(=O)N[C@H](C(=O)O)C(C)C. The zero-order chi connectivity index (χ0) is 17.9. The molecule has 1 heterocycles. The van der Waals surface area contributed by atoms with Crippen molar-refractivity contribution < 1.29 is 14.7 Å². The van der Waals surface area contributed by atoms with E-state index in [1.165, 1.54) is 0 Å². The van der Waals surface area contributed by atoms with Gasteiger partial charge in [0.25, 0.3) is 0 Å². The molecule has 0 aliphatic heterocycles. The van der Waals surface area contributed by atoms with Crippen LogP contribution in [-0.2, 0) is 16.0 Å². The van der Waals surface area contributed by atoms with Gasteiger partial charge < -0.3 is 10.4 Å². The summed E-state index contributed by atoms with van der Waals surface area (Å²) in [6.45, 7) is 7.30. The van der Waals surface area contributed by atoms with Gasteiger partial charge in [-0.25, -0.2) is 9.48 Å². The summed E-state index contributed by atoms with van der Waals surface area (Å²) in [7, 11) is 0. The summed E-state index contributed by atoms with van der Waals surface area (Å²) in [6, 6.07) is 8.80. The molecule has 0 bridgehead atoms. The topological polar surface area (TPSA) is 84.2 Å². The van der Waals surface area contributed by atoms with E-state index in [-0.39, 0.29) is 18.2 Å². The highest BCUT2D eigenvalue weighted by atomic mass is 16.4. The number of nitrogens with one attached hydrogen (secondary N) is 1. The van der Waals surface area contributed by atoms with Crippen molar-refractivity contribution in [2.75, 3.05) is 0 Å². The quantitative estimate of drug-likeness (QED) is 0.851. The number of aryl methyl sites for hydroxylation is 1. The monoisotopic (exact) mass is 329 g/mol. The molecule has 1 atom stereocenters. The molecule has 0 saturated heterocycles. The van der Waals surface area contributed by atoms with Gasteiger partial charge in [-0.1, -0.05) is 32.0 Å². The van der Waals surface area contributed by atoms with E-state index in [0.717, 1.165) is 22.6 Å². The molecule has 1 aromatic carbocycles. The van der Waals surface area contributed by atoms with Crippen molar-refractivity contribution in [1.29, 1.82) is 0 Å². The number of hydrogen-bond donors (Lipinski definition) is 2. The summed E-state index contributed by atoms with van der Waals surface area (Å²) < 4.78 is 1.80. The normalized spacial score (nSPS) is 12.2. The molecule has 0 fully saturated rings. The van der Waals surface area contributed by atoms with Crippen molar-refractivity contribution in [3.8, 4) is 5.69 Å². The molecule has 2 aromatic rings. The predicted molar refractivity (Wildman–Crippen MR) is 91.1 cm³/mol. The van der Waals surface area contributed by atoms with Crippen LogP contribution in [0.25, 0.3) is 5.69 Å². The van der Waals surface area contributed by atoms with Crippen LogP contribution in [0, 0.1) is 19.8 Å². The first kappa shape index (κ1) is 17.7. The van der Waals surface area contributed by atoms with Gasteiger partial charge in [-0.05, 0) is 31.9 Å². The number of amides is 1. The second-order valence-electron chi connectivity index (χ2n) is 6.20.